The molecule has 1 atom stereocenters. The molecule has 1 heterocycles. The number of hydrogen-bond donors (Lipinski definition) is 1. The van der Waals surface area contributed by atoms with Gasteiger partial charge in [0.1, 0.15) is 5.00 Å². The number of nitrogens with one attached hydrogen (secondary N) is 1. The minimum atomic E-state index is -0.547. The van der Waals surface area contributed by atoms with E-state index in [0.717, 1.165) is 4.88 Å². The second-order valence-electron chi connectivity index (χ2n) is 4.65. The molecule has 1 amide bonds. The van der Waals surface area contributed by atoms with E-state index < -0.39 is 11.9 Å². The van der Waals surface area contributed by atoms with E-state index in [0.29, 0.717) is 29.8 Å². The number of amides is 1. The summed E-state index contributed by atoms with van der Waals surface area (Å²) in [4.78, 5) is 36.5. The zero-order valence-corrected chi connectivity index (χ0v) is 13.0. The van der Waals surface area contributed by atoms with E-state index in [1.165, 1.54) is 25.6 Å². The Kier molecular flexibility index (Phi) is 4.62. The van der Waals surface area contributed by atoms with Gasteiger partial charge >= 0.3 is 11.9 Å². The number of aryl methyl sites for hydroxylation is 1. The third-order valence-electron chi connectivity index (χ3n) is 3.48. The van der Waals surface area contributed by atoms with E-state index in [-0.39, 0.29) is 17.4 Å². The van der Waals surface area contributed by atoms with Gasteiger partial charge in [0.15, 0.2) is 0 Å². The Labute approximate surface area is 126 Å². The highest BCUT2D eigenvalue weighted by Crippen LogP contribution is 2.45. The van der Waals surface area contributed by atoms with Crippen LogP contribution < -0.4 is 5.32 Å². The quantitative estimate of drug-likeness (QED) is 0.861. The number of ether oxygens (including phenoxy) is 2. The number of thiophene rings is 1. The second-order valence-corrected chi connectivity index (χ2v) is 5.76. The summed E-state index contributed by atoms with van der Waals surface area (Å²) in [5.74, 6) is -1.57. The highest BCUT2D eigenvalue weighted by molar-refractivity contribution is 7.17. The molecule has 0 bridgehead atoms. The van der Waals surface area contributed by atoms with Crippen molar-refractivity contribution < 1.29 is 23.9 Å². The maximum atomic E-state index is 12.1. The molecule has 1 unspecified atom stereocenters. The molecular formula is C14H17NO5S. The number of carbonyl (C=O) groups excluding carboxylic acids is 3. The van der Waals surface area contributed by atoms with Crippen molar-refractivity contribution in [1.29, 1.82) is 0 Å². The van der Waals surface area contributed by atoms with E-state index >= 15 is 0 Å². The molecule has 0 saturated carbocycles. The molecule has 21 heavy (non-hydrogen) atoms. The predicted octanol–water partition coefficient (Wildman–Crippen LogP) is 2.09. The highest BCUT2D eigenvalue weighted by atomic mass is 32.1. The Morgan fingerprint density at radius 3 is 2.57 bits per heavy atom. The molecule has 114 valence electrons. The molecule has 1 aromatic heterocycles. The number of esters is 2. The first-order valence-corrected chi connectivity index (χ1v) is 7.46. The monoisotopic (exact) mass is 311 g/mol. The molecule has 2 rings (SSSR count). The summed E-state index contributed by atoms with van der Waals surface area (Å²) in [6.07, 6.45) is 1.61. The molecule has 1 aliphatic rings. The van der Waals surface area contributed by atoms with Crippen molar-refractivity contribution in [3.63, 3.8) is 0 Å². The Bertz CT molecular complexity index is 592. The summed E-state index contributed by atoms with van der Waals surface area (Å²) >= 11 is 1.33. The van der Waals surface area contributed by atoms with Crippen molar-refractivity contribution in [3.05, 3.63) is 16.0 Å². The van der Waals surface area contributed by atoms with E-state index in [9.17, 15) is 14.4 Å². The average molecular weight is 311 g/mol. The molecule has 0 fully saturated rings. The first-order valence-electron chi connectivity index (χ1n) is 6.65. The summed E-state index contributed by atoms with van der Waals surface area (Å²) in [5.41, 5.74) is 0.928. The first kappa shape index (κ1) is 15.5. The van der Waals surface area contributed by atoms with Gasteiger partial charge in [0, 0.05) is 11.3 Å². The van der Waals surface area contributed by atoms with E-state index in [4.69, 9.17) is 9.47 Å². The van der Waals surface area contributed by atoms with Crippen LogP contribution in [0.25, 0.3) is 0 Å². The van der Waals surface area contributed by atoms with Gasteiger partial charge in [-0.05, 0) is 18.4 Å². The molecule has 1 N–H and O–H groups in total. The highest BCUT2D eigenvalue weighted by Gasteiger charge is 2.38. The third kappa shape index (κ3) is 2.78. The normalized spacial score (nSPS) is 16.2. The van der Waals surface area contributed by atoms with Crippen LogP contribution in [0, 0.1) is 0 Å². The number of anilines is 1. The van der Waals surface area contributed by atoms with Gasteiger partial charge in [-0.3, -0.25) is 9.59 Å². The maximum Gasteiger partial charge on any atom is 0.341 e. The lowest BCUT2D eigenvalue weighted by Gasteiger charge is -2.11. The van der Waals surface area contributed by atoms with Crippen LogP contribution >= 0.6 is 11.3 Å². The molecule has 0 aliphatic heterocycles. The fourth-order valence-electron chi connectivity index (χ4n) is 2.45. The number of fused-ring (bicyclic) bond motifs is 1. The SMILES string of the molecule is CCC(=O)Nc1sc2c(c1C(=O)OC)C(C(=O)OC)CC2. The zero-order chi connectivity index (χ0) is 15.6. The standard InChI is InChI=1S/C14H17NO5S/c1-4-9(16)15-12-11(14(18)20-3)10-7(13(17)19-2)5-6-8(10)21-12/h7H,4-6H2,1-3H3,(H,15,16). The van der Waals surface area contributed by atoms with Crippen LogP contribution in [0.3, 0.4) is 0 Å². The lowest BCUT2D eigenvalue weighted by molar-refractivity contribution is -0.142. The molecule has 0 spiro atoms. The number of hydrogen-bond acceptors (Lipinski definition) is 6. The largest absolute Gasteiger partial charge is 0.469 e. The lowest BCUT2D eigenvalue weighted by Crippen LogP contribution is -2.17. The molecular weight excluding hydrogens is 294 g/mol. The Balaban J connectivity index is 2.48. The second kappa shape index (κ2) is 6.26. The van der Waals surface area contributed by atoms with Crippen LogP contribution in [0.15, 0.2) is 0 Å². The smallest absolute Gasteiger partial charge is 0.341 e. The number of carbonyl (C=O) groups is 3. The third-order valence-corrected chi connectivity index (χ3v) is 4.66. The minimum absolute atomic E-state index is 0.185. The van der Waals surface area contributed by atoms with Crippen LogP contribution in [0.4, 0.5) is 5.00 Å². The Morgan fingerprint density at radius 2 is 2.00 bits per heavy atom. The summed E-state index contributed by atoms with van der Waals surface area (Å²) in [5, 5.41) is 3.16. The lowest BCUT2D eigenvalue weighted by atomic mass is 9.99. The maximum absolute atomic E-state index is 12.1. The fraction of sp³-hybridized carbons (Fsp3) is 0.500. The van der Waals surface area contributed by atoms with Crippen LogP contribution in [0.5, 0.6) is 0 Å². The van der Waals surface area contributed by atoms with Crippen molar-refractivity contribution in [3.8, 4) is 0 Å². The van der Waals surface area contributed by atoms with Gasteiger partial charge in [-0.15, -0.1) is 11.3 Å². The van der Waals surface area contributed by atoms with Gasteiger partial charge in [-0.25, -0.2) is 4.79 Å². The number of rotatable bonds is 4. The number of methoxy groups -OCH3 is 2. The Morgan fingerprint density at radius 1 is 1.29 bits per heavy atom. The summed E-state index contributed by atoms with van der Waals surface area (Å²) in [7, 11) is 2.60. The van der Waals surface area contributed by atoms with Crippen molar-refractivity contribution in [1.82, 2.24) is 0 Å². The summed E-state index contributed by atoms with van der Waals surface area (Å²) in [6, 6.07) is 0. The van der Waals surface area contributed by atoms with Gasteiger partial charge in [0.25, 0.3) is 0 Å². The van der Waals surface area contributed by atoms with Crippen molar-refractivity contribution in [2.24, 2.45) is 0 Å². The Hall–Kier alpha value is -1.89. The topological polar surface area (TPSA) is 81.7 Å². The molecule has 0 saturated heterocycles. The van der Waals surface area contributed by atoms with Crippen molar-refractivity contribution >= 4 is 34.2 Å². The molecule has 0 aromatic carbocycles. The van der Waals surface area contributed by atoms with Crippen molar-refractivity contribution in [2.45, 2.75) is 32.1 Å². The van der Waals surface area contributed by atoms with E-state index in [2.05, 4.69) is 5.32 Å². The molecule has 1 aromatic rings. The molecule has 1 aliphatic carbocycles. The average Bonchev–Trinajstić information content (AvgIpc) is 3.03. The van der Waals surface area contributed by atoms with Crippen LogP contribution in [-0.4, -0.2) is 32.1 Å². The van der Waals surface area contributed by atoms with E-state index in [1.807, 2.05) is 0 Å². The predicted molar refractivity (Wildman–Crippen MR) is 77.7 cm³/mol. The van der Waals surface area contributed by atoms with Crippen molar-refractivity contribution in [2.75, 3.05) is 19.5 Å². The summed E-state index contributed by atoms with van der Waals surface area (Å²) < 4.78 is 9.60. The first-order chi connectivity index (χ1) is 10.0. The van der Waals surface area contributed by atoms with Gasteiger partial charge < -0.3 is 14.8 Å². The minimum Gasteiger partial charge on any atom is -0.469 e. The fourth-order valence-corrected chi connectivity index (χ4v) is 3.73. The summed E-state index contributed by atoms with van der Waals surface area (Å²) in [6.45, 7) is 1.73. The van der Waals surface area contributed by atoms with Gasteiger partial charge in [-0.1, -0.05) is 6.92 Å². The van der Waals surface area contributed by atoms with Crippen LogP contribution in [-0.2, 0) is 25.5 Å². The molecule has 0 radical (unpaired) electrons. The van der Waals surface area contributed by atoms with Gasteiger partial charge in [0.05, 0.1) is 25.7 Å². The molecule has 7 heteroatoms. The van der Waals surface area contributed by atoms with E-state index in [1.54, 1.807) is 6.92 Å². The van der Waals surface area contributed by atoms with Gasteiger partial charge in [-0.2, -0.15) is 0 Å². The van der Waals surface area contributed by atoms with Crippen LogP contribution in [0.2, 0.25) is 0 Å². The zero-order valence-electron chi connectivity index (χ0n) is 12.1. The van der Waals surface area contributed by atoms with Gasteiger partial charge in [0.2, 0.25) is 5.91 Å². The van der Waals surface area contributed by atoms with Crippen LogP contribution in [0.1, 0.15) is 46.5 Å². The molecule has 6 nitrogen and oxygen atoms in total.